The zero-order valence-corrected chi connectivity index (χ0v) is 12.2. The van der Waals surface area contributed by atoms with Crippen LogP contribution in [0.15, 0.2) is 29.0 Å². The predicted octanol–water partition coefficient (Wildman–Crippen LogP) is 4.25. The first-order valence-corrected chi connectivity index (χ1v) is 6.79. The maximum atomic E-state index is 4.78. The molecule has 0 saturated heterocycles. The van der Waals surface area contributed by atoms with Crippen molar-refractivity contribution in [2.24, 2.45) is 10.8 Å². The molecule has 0 bridgehead atoms. The molecule has 0 atom stereocenters. The van der Waals surface area contributed by atoms with Crippen LogP contribution in [0, 0.1) is 10.8 Å². The van der Waals surface area contributed by atoms with Crippen LogP contribution < -0.4 is 0 Å². The van der Waals surface area contributed by atoms with E-state index in [0.717, 1.165) is 10.3 Å². The van der Waals surface area contributed by atoms with Crippen LogP contribution >= 0.6 is 15.9 Å². The van der Waals surface area contributed by atoms with Gasteiger partial charge in [-0.3, -0.25) is 4.40 Å². The standard InChI is InChI=1S/C14H17BrN2/c1-13(2)11(14(13,3)4)10-12(15)17-8-6-5-7-9(17)16-10/h5-8,11H,1-4H3. The molecule has 1 aliphatic rings. The Morgan fingerprint density at radius 2 is 1.82 bits per heavy atom. The number of aromatic nitrogens is 2. The SMILES string of the molecule is CC1(C)C(c2nc3ccccn3c2Br)C1(C)C. The minimum Gasteiger partial charge on any atom is -0.294 e. The number of pyridine rings is 1. The van der Waals surface area contributed by atoms with E-state index in [4.69, 9.17) is 4.98 Å². The first-order chi connectivity index (χ1) is 7.87. The molecule has 0 N–H and O–H groups in total. The van der Waals surface area contributed by atoms with Gasteiger partial charge in [-0.25, -0.2) is 4.98 Å². The monoisotopic (exact) mass is 292 g/mol. The summed E-state index contributed by atoms with van der Waals surface area (Å²) in [6, 6.07) is 6.12. The summed E-state index contributed by atoms with van der Waals surface area (Å²) in [4.78, 5) is 4.78. The third-order valence-corrected chi connectivity index (χ3v) is 5.58. The summed E-state index contributed by atoms with van der Waals surface area (Å²) in [5.41, 5.74) is 2.88. The Kier molecular flexibility index (Phi) is 2.08. The van der Waals surface area contributed by atoms with Gasteiger partial charge in [0.2, 0.25) is 0 Å². The molecule has 2 aromatic rings. The van der Waals surface area contributed by atoms with E-state index in [1.54, 1.807) is 0 Å². The second-order valence-corrected chi connectivity index (χ2v) is 6.84. The van der Waals surface area contributed by atoms with E-state index < -0.39 is 0 Å². The van der Waals surface area contributed by atoms with Crippen molar-refractivity contribution in [2.75, 3.05) is 0 Å². The molecule has 2 nitrogen and oxygen atoms in total. The highest BCUT2D eigenvalue weighted by molar-refractivity contribution is 9.10. The maximum absolute atomic E-state index is 4.78. The summed E-state index contributed by atoms with van der Waals surface area (Å²) in [5, 5.41) is 0. The normalized spacial score (nSPS) is 21.9. The van der Waals surface area contributed by atoms with Gasteiger partial charge in [-0.05, 0) is 38.9 Å². The molecular formula is C14H17BrN2. The van der Waals surface area contributed by atoms with Crippen LogP contribution in [-0.2, 0) is 0 Å². The molecule has 2 aromatic heterocycles. The highest BCUT2D eigenvalue weighted by atomic mass is 79.9. The predicted molar refractivity (Wildman–Crippen MR) is 73.2 cm³/mol. The maximum Gasteiger partial charge on any atom is 0.137 e. The van der Waals surface area contributed by atoms with Crippen molar-refractivity contribution in [3.05, 3.63) is 34.7 Å². The quantitative estimate of drug-likeness (QED) is 0.768. The van der Waals surface area contributed by atoms with Crippen molar-refractivity contribution in [2.45, 2.75) is 33.6 Å². The van der Waals surface area contributed by atoms with E-state index in [1.165, 1.54) is 5.69 Å². The van der Waals surface area contributed by atoms with Crippen LogP contribution in [0.3, 0.4) is 0 Å². The van der Waals surface area contributed by atoms with Gasteiger partial charge >= 0.3 is 0 Å². The molecule has 0 radical (unpaired) electrons. The average Bonchev–Trinajstić information content (AvgIpc) is 2.55. The topological polar surface area (TPSA) is 17.3 Å². The van der Waals surface area contributed by atoms with Crippen molar-refractivity contribution in [3.8, 4) is 0 Å². The number of imidazole rings is 1. The number of hydrogen-bond donors (Lipinski definition) is 0. The van der Waals surface area contributed by atoms with E-state index >= 15 is 0 Å². The van der Waals surface area contributed by atoms with Crippen LogP contribution in [0.1, 0.15) is 39.3 Å². The molecule has 0 aromatic carbocycles. The summed E-state index contributed by atoms with van der Waals surface area (Å²) in [6.45, 7) is 9.31. The van der Waals surface area contributed by atoms with Gasteiger partial charge in [0.05, 0.1) is 5.69 Å². The molecular weight excluding hydrogens is 276 g/mol. The van der Waals surface area contributed by atoms with Gasteiger partial charge in [0.15, 0.2) is 0 Å². The van der Waals surface area contributed by atoms with Crippen molar-refractivity contribution >= 4 is 21.6 Å². The Bertz CT molecular complexity index is 581. The molecule has 17 heavy (non-hydrogen) atoms. The van der Waals surface area contributed by atoms with E-state index in [1.807, 2.05) is 12.1 Å². The van der Waals surface area contributed by atoms with Gasteiger partial charge < -0.3 is 0 Å². The Labute approximate surface area is 110 Å². The molecule has 0 amide bonds. The Morgan fingerprint density at radius 3 is 2.35 bits per heavy atom. The summed E-state index contributed by atoms with van der Waals surface area (Å²) in [5.74, 6) is 0.532. The van der Waals surface area contributed by atoms with Gasteiger partial charge in [0, 0.05) is 12.1 Å². The summed E-state index contributed by atoms with van der Waals surface area (Å²) in [6.07, 6.45) is 2.05. The molecule has 0 aliphatic heterocycles. The fraction of sp³-hybridized carbons (Fsp3) is 0.500. The molecule has 90 valence electrons. The van der Waals surface area contributed by atoms with Crippen molar-refractivity contribution in [1.29, 1.82) is 0 Å². The average molecular weight is 293 g/mol. The Hall–Kier alpha value is -0.830. The Balaban J connectivity index is 2.18. The lowest BCUT2D eigenvalue weighted by atomic mass is 10.0. The minimum absolute atomic E-state index is 0.327. The number of rotatable bonds is 1. The first kappa shape index (κ1) is 11.3. The zero-order valence-electron chi connectivity index (χ0n) is 10.7. The van der Waals surface area contributed by atoms with Crippen LogP contribution in [0.5, 0.6) is 0 Å². The second kappa shape index (κ2) is 3.14. The lowest BCUT2D eigenvalue weighted by Gasteiger charge is -2.03. The molecule has 3 rings (SSSR count). The fourth-order valence-electron chi connectivity index (χ4n) is 3.05. The van der Waals surface area contributed by atoms with Gasteiger partial charge in [0.25, 0.3) is 0 Å². The lowest BCUT2D eigenvalue weighted by Crippen LogP contribution is -1.95. The highest BCUT2D eigenvalue weighted by Crippen LogP contribution is 2.73. The molecule has 1 aliphatic carbocycles. The second-order valence-electron chi connectivity index (χ2n) is 6.09. The molecule has 0 unspecified atom stereocenters. The van der Waals surface area contributed by atoms with Gasteiger partial charge in [0.1, 0.15) is 10.3 Å². The van der Waals surface area contributed by atoms with Crippen molar-refractivity contribution < 1.29 is 0 Å². The number of fused-ring (bicyclic) bond motifs is 1. The van der Waals surface area contributed by atoms with Crippen LogP contribution in [0.25, 0.3) is 5.65 Å². The van der Waals surface area contributed by atoms with Gasteiger partial charge in [-0.2, -0.15) is 0 Å². The van der Waals surface area contributed by atoms with Gasteiger partial charge in [-0.1, -0.05) is 33.8 Å². The summed E-state index contributed by atoms with van der Waals surface area (Å²) < 4.78 is 3.22. The first-order valence-electron chi connectivity index (χ1n) is 6.00. The summed E-state index contributed by atoms with van der Waals surface area (Å²) >= 11 is 3.70. The molecule has 1 saturated carbocycles. The van der Waals surface area contributed by atoms with E-state index in [0.29, 0.717) is 16.7 Å². The number of hydrogen-bond acceptors (Lipinski definition) is 1. The highest BCUT2D eigenvalue weighted by Gasteiger charge is 2.66. The number of halogens is 1. The van der Waals surface area contributed by atoms with E-state index in [2.05, 4.69) is 60.3 Å². The lowest BCUT2D eigenvalue weighted by molar-refractivity contribution is 0.457. The van der Waals surface area contributed by atoms with Crippen LogP contribution in [-0.4, -0.2) is 9.38 Å². The molecule has 2 heterocycles. The summed E-state index contributed by atoms with van der Waals surface area (Å²) in [7, 11) is 0. The Morgan fingerprint density at radius 1 is 1.18 bits per heavy atom. The molecule has 0 spiro atoms. The minimum atomic E-state index is 0.327. The van der Waals surface area contributed by atoms with Crippen molar-refractivity contribution in [3.63, 3.8) is 0 Å². The fourth-order valence-corrected chi connectivity index (χ4v) is 3.67. The third-order valence-electron chi connectivity index (χ3n) is 4.79. The van der Waals surface area contributed by atoms with Crippen LogP contribution in [0.4, 0.5) is 0 Å². The molecule has 1 fully saturated rings. The smallest absolute Gasteiger partial charge is 0.137 e. The van der Waals surface area contributed by atoms with E-state index in [-0.39, 0.29) is 0 Å². The van der Waals surface area contributed by atoms with Crippen molar-refractivity contribution in [1.82, 2.24) is 9.38 Å². The van der Waals surface area contributed by atoms with Crippen LogP contribution in [0.2, 0.25) is 0 Å². The molecule has 3 heteroatoms. The largest absolute Gasteiger partial charge is 0.294 e. The zero-order chi connectivity index (χ0) is 12.4. The van der Waals surface area contributed by atoms with Gasteiger partial charge in [-0.15, -0.1) is 0 Å². The third kappa shape index (κ3) is 1.29. The van der Waals surface area contributed by atoms with E-state index in [9.17, 15) is 0 Å². The number of nitrogens with zero attached hydrogens (tertiary/aromatic N) is 2.